The van der Waals surface area contributed by atoms with Gasteiger partial charge in [-0.1, -0.05) is 30.7 Å². The standard InChI is InChI=1S/C16H24N2O2/c1-4-15-14-6-5-12(2)11-13(14)7-9-18(15)16(19)17-8-10-20-3/h5-6,11,15H,4,7-10H2,1-3H3,(H,17,19). The van der Waals surface area contributed by atoms with Crippen LogP contribution in [0.2, 0.25) is 0 Å². The number of carbonyl (C=O) groups is 1. The number of hydrogen-bond donors (Lipinski definition) is 1. The molecule has 1 unspecified atom stereocenters. The topological polar surface area (TPSA) is 41.6 Å². The molecule has 1 heterocycles. The lowest BCUT2D eigenvalue weighted by Crippen LogP contribution is -2.46. The predicted octanol–water partition coefficient (Wildman–Crippen LogP) is 2.66. The Kier molecular flexibility index (Phi) is 5.01. The van der Waals surface area contributed by atoms with Crippen LogP contribution in [0.5, 0.6) is 0 Å². The van der Waals surface area contributed by atoms with Gasteiger partial charge in [0.05, 0.1) is 12.6 Å². The molecule has 1 aromatic rings. The Morgan fingerprint density at radius 2 is 2.30 bits per heavy atom. The van der Waals surface area contributed by atoms with Gasteiger partial charge >= 0.3 is 6.03 Å². The summed E-state index contributed by atoms with van der Waals surface area (Å²) in [6.07, 6.45) is 1.87. The molecule has 4 heteroatoms. The number of amides is 2. The zero-order valence-electron chi connectivity index (χ0n) is 12.6. The van der Waals surface area contributed by atoms with Crippen molar-refractivity contribution in [2.75, 3.05) is 26.8 Å². The van der Waals surface area contributed by atoms with Crippen LogP contribution in [0.3, 0.4) is 0 Å². The van der Waals surface area contributed by atoms with E-state index < -0.39 is 0 Å². The van der Waals surface area contributed by atoms with E-state index >= 15 is 0 Å². The van der Waals surface area contributed by atoms with Gasteiger partial charge in [0, 0.05) is 20.2 Å². The number of ether oxygens (including phenoxy) is 1. The van der Waals surface area contributed by atoms with Crippen molar-refractivity contribution in [3.8, 4) is 0 Å². The minimum Gasteiger partial charge on any atom is -0.383 e. The Morgan fingerprint density at radius 3 is 3.00 bits per heavy atom. The third-order valence-corrected chi connectivity index (χ3v) is 3.89. The van der Waals surface area contributed by atoms with Crippen LogP contribution in [0.1, 0.15) is 36.1 Å². The van der Waals surface area contributed by atoms with Crippen LogP contribution in [-0.4, -0.2) is 37.7 Å². The first-order chi connectivity index (χ1) is 9.67. The maximum Gasteiger partial charge on any atom is 0.318 e. The average molecular weight is 276 g/mol. The molecule has 4 nitrogen and oxygen atoms in total. The van der Waals surface area contributed by atoms with Crippen molar-refractivity contribution in [3.05, 3.63) is 34.9 Å². The smallest absolute Gasteiger partial charge is 0.318 e. The van der Waals surface area contributed by atoms with Crippen molar-refractivity contribution in [1.82, 2.24) is 10.2 Å². The highest BCUT2D eigenvalue weighted by Crippen LogP contribution is 2.32. The SMILES string of the molecule is CCC1c2ccc(C)cc2CCN1C(=O)NCCOC. The van der Waals surface area contributed by atoms with Crippen molar-refractivity contribution in [2.24, 2.45) is 0 Å². The van der Waals surface area contributed by atoms with E-state index in [9.17, 15) is 4.79 Å². The van der Waals surface area contributed by atoms with Crippen molar-refractivity contribution in [1.29, 1.82) is 0 Å². The molecule has 0 spiro atoms. The van der Waals surface area contributed by atoms with E-state index in [0.717, 1.165) is 19.4 Å². The lowest BCUT2D eigenvalue weighted by molar-refractivity contribution is 0.158. The molecule has 0 aromatic heterocycles. The molecule has 0 radical (unpaired) electrons. The highest BCUT2D eigenvalue weighted by Gasteiger charge is 2.29. The lowest BCUT2D eigenvalue weighted by Gasteiger charge is -2.37. The van der Waals surface area contributed by atoms with Crippen LogP contribution in [0.25, 0.3) is 0 Å². The fourth-order valence-corrected chi connectivity index (χ4v) is 2.89. The molecule has 1 aliphatic rings. The molecule has 1 N–H and O–H groups in total. The molecule has 1 atom stereocenters. The summed E-state index contributed by atoms with van der Waals surface area (Å²) >= 11 is 0. The normalized spacial score (nSPS) is 17.8. The molecule has 2 rings (SSSR count). The number of fused-ring (bicyclic) bond motifs is 1. The van der Waals surface area contributed by atoms with E-state index in [4.69, 9.17) is 4.74 Å². The zero-order chi connectivity index (χ0) is 14.5. The summed E-state index contributed by atoms with van der Waals surface area (Å²) in [5.74, 6) is 0. The molecular formula is C16H24N2O2. The van der Waals surface area contributed by atoms with Gasteiger partial charge in [-0.3, -0.25) is 0 Å². The van der Waals surface area contributed by atoms with Crippen LogP contribution in [0.15, 0.2) is 18.2 Å². The maximum atomic E-state index is 12.3. The highest BCUT2D eigenvalue weighted by molar-refractivity contribution is 5.75. The summed E-state index contributed by atoms with van der Waals surface area (Å²) in [6.45, 7) is 6.14. The number of hydrogen-bond acceptors (Lipinski definition) is 2. The molecule has 1 aromatic carbocycles. The first-order valence-electron chi connectivity index (χ1n) is 7.30. The second-order valence-corrected chi connectivity index (χ2v) is 5.29. The van der Waals surface area contributed by atoms with Gasteiger partial charge in [-0.25, -0.2) is 4.79 Å². The van der Waals surface area contributed by atoms with Gasteiger partial charge in [-0.15, -0.1) is 0 Å². The van der Waals surface area contributed by atoms with E-state index in [2.05, 4.69) is 37.4 Å². The number of aryl methyl sites for hydroxylation is 1. The molecule has 0 saturated carbocycles. The molecule has 0 bridgehead atoms. The molecule has 1 aliphatic heterocycles. The van der Waals surface area contributed by atoms with Gasteiger partial charge in [-0.2, -0.15) is 0 Å². The first kappa shape index (κ1) is 14.9. The summed E-state index contributed by atoms with van der Waals surface area (Å²) in [6, 6.07) is 6.75. The van der Waals surface area contributed by atoms with Crippen molar-refractivity contribution in [3.63, 3.8) is 0 Å². The van der Waals surface area contributed by atoms with Crippen molar-refractivity contribution in [2.45, 2.75) is 32.7 Å². The minimum atomic E-state index is 0.0140. The Morgan fingerprint density at radius 1 is 1.50 bits per heavy atom. The Labute approximate surface area is 121 Å². The highest BCUT2D eigenvalue weighted by atomic mass is 16.5. The number of nitrogens with zero attached hydrogens (tertiary/aromatic N) is 1. The van der Waals surface area contributed by atoms with E-state index in [1.165, 1.54) is 16.7 Å². The summed E-state index contributed by atoms with van der Waals surface area (Å²) in [5, 5.41) is 2.92. The van der Waals surface area contributed by atoms with E-state index in [1.807, 2.05) is 4.90 Å². The Balaban J connectivity index is 2.12. The summed E-state index contributed by atoms with van der Waals surface area (Å²) in [4.78, 5) is 14.2. The lowest BCUT2D eigenvalue weighted by atomic mass is 9.90. The fourth-order valence-electron chi connectivity index (χ4n) is 2.89. The quantitative estimate of drug-likeness (QED) is 0.859. The summed E-state index contributed by atoms with van der Waals surface area (Å²) in [5.41, 5.74) is 3.97. The number of rotatable bonds is 4. The van der Waals surface area contributed by atoms with Gasteiger partial charge in [0.2, 0.25) is 0 Å². The monoisotopic (exact) mass is 276 g/mol. The van der Waals surface area contributed by atoms with Crippen LogP contribution in [-0.2, 0) is 11.2 Å². The predicted molar refractivity (Wildman–Crippen MR) is 79.9 cm³/mol. The van der Waals surface area contributed by atoms with Crippen molar-refractivity contribution < 1.29 is 9.53 Å². The zero-order valence-corrected chi connectivity index (χ0v) is 12.6. The average Bonchev–Trinajstić information content (AvgIpc) is 2.45. The first-order valence-corrected chi connectivity index (χ1v) is 7.30. The summed E-state index contributed by atoms with van der Waals surface area (Å²) in [7, 11) is 1.64. The Bertz CT molecular complexity index is 474. The second-order valence-electron chi connectivity index (χ2n) is 5.29. The van der Waals surface area contributed by atoms with Crippen LogP contribution in [0.4, 0.5) is 4.79 Å². The number of urea groups is 1. The minimum absolute atomic E-state index is 0.0140. The van der Waals surface area contributed by atoms with Crippen LogP contribution < -0.4 is 5.32 Å². The van der Waals surface area contributed by atoms with E-state index in [0.29, 0.717) is 13.2 Å². The third kappa shape index (κ3) is 3.12. The molecule has 110 valence electrons. The Hall–Kier alpha value is -1.55. The summed E-state index contributed by atoms with van der Waals surface area (Å²) < 4.78 is 4.97. The van der Waals surface area contributed by atoms with E-state index in [1.54, 1.807) is 7.11 Å². The molecule has 0 saturated heterocycles. The van der Waals surface area contributed by atoms with Gasteiger partial charge in [0.15, 0.2) is 0 Å². The van der Waals surface area contributed by atoms with Gasteiger partial charge < -0.3 is 15.0 Å². The number of methoxy groups -OCH3 is 1. The van der Waals surface area contributed by atoms with Crippen LogP contribution in [0, 0.1) is 6.92 Å². The maximum absolute atomic E-state index is 12.3. The number of carbonyl (C=O) groups excluding carboxylic acids is 1. The van der Waals surface area contributed by atoms with Crippen LogP contribution >= 0.6 is 0 Å². The van der Waals surface area contributed by atoms with Gasteiger partial charge in [0.1, 0.15) is 0 Å². The number of benzene rings is 1. The molecule has 0 fully saturated rings. The third-order valence-electron chi connectivity index (χ3n) is 3.89. The fraction of sp³-hybridized carbons (Fsp3) is 0.562. The number of nitrogens with one attached hydrogen (secondary N) is 1. The largest absolute Gasteiger partial charge is 0.383 e. The molecule has 2 amide bonds. The van der Waals surface area contributed by atoms with Gasteiger partial charge in [-0.05, 0) is 30.9 Å². The van der Waals surface area contributed by atoms with Crippen molar-refractivity contribution >= 4 is 6.03 Å². The van der Waals surface area contributed by atoms with Gasteiger partial charge in [0.25, 0.3) is 0 Å². The second kappa shape index (κ2) is 6.75. The molecule has 0 aliphatic carbocycles. The molecule has 20 heavy (non-hydrogen) atoms. The van der Waals surface area contributed by atoms with E-state index in [-0.39, 0.29) is 12.1 Å². The molecular weight excluding hydrogens is 252 g/mol.